The molecule has 1 aromatic heterocycles. The van der Waals surface area contributed by atoms with Crippen LogP contribution in [-0.2, 0) is 6.54 Å². The minimum absolute atomic E-state index is 0.476. The van der Waals surface area contributed by atoms with E-state index in [0.29, 0.717) is 11.9 Å². The summed E-state index contributed by atoms with van der Waals surface area (Å²) in [7, 11) is 1.71. The smallest absolute Gasteiger partial charge is 0.145 e. The molecule has 0 unspecified atom stereocenters. The fraction of sp³-hybridized carbons (Fsp3) is 0.438. The number of nitrogens with zero attached hydrogens (tertiary/aromatic N) is 3. The van der Waals surface area contributed by atoms with Gasteiger partial charge < -0.3 is 10.5 Å². The number of aromatic nitrogens is 2. The fourth-order valence-corrected chi connectivity index (χ4v) is 2.93. The van der Waals surface area contributed by atoms with E-state index in [9.17, 15) is 0 Å². The number of nitrogen functional groups attached to an aromatic ring is 1. The van der Waals surface area contributed by atoms with Gasteiger partial charge in [-0.3, -0.25) is 9.58 Å². The van der Waals surface area contributed by atoms with Gasteiger partial charge in [-0.25, -0.2) is 0 Å². The van der Waals surface area contributed by atoms with Crippen LogP contribution < -0.4 is 10.5 Å². The molecule has 0 bridgehead atoms. The zero-order valence-electron chi connectivity index (χ0n) is 12.4. The molecule has 1 aromatic carbocycles. The second-order valence-electron chi connectivity index (χ2n) is 5.58. The van der Waals surface area contributed by atoms with Crippen molar-refractivity contribution in [1.29, 1.82) is 0 Å². The predicted octanol–water partition coefficient (Wildman–Crippen LogP) is 2.31. The summed E-state index contributed by atoms with van der Waals surface area (Å²) in [5, 5.41) is 4.33. The Morgan fingerprint density at radius 3 is 2.76 bits per heavy atom. The van der Waals surface area contributed by atoms with Crippen molar-refractivity contribution in [2.45, 2.75) is 25.4 Å². The molecular formula is C16H22N4O. The van der Waals surface area contributed by atoms with Gasteiger partial charge in [0.15, 0.2) is 0 Å². The average Bonchev–Trinajstić information content (AvgIpc) is 2.95. The highest BCUT2D eigenvalue weighted by Gasteiger charge is 2.21. The van der Waals surface area contributed by atoms with Crippen LogP contribution in [-0.4, -0.2) is 34.9 Å². The van der Waals surface area contributed by atoms with Crippen LogP contribution in [0.2, 0.25) is 0 Å². The summed E-state index contributed by atoms with van der Waals surface area (Å²) in [6, 6.07) is 10.6. The van der Waals surface area contributed by atoms with Crippen molar-refractivity contribution in [3.8, 4) is 5.75 Å². The molecule has 0 radical (unpaired) electrons. The SMILES string of the molecule is COc1cccc(CN2CCC(n3ccc(N)n3)CC2)c1. The lowest BCUT2D eigenvalue weighted by Crippen LogP contribution is -2.34. The quantitative estimate of drug-likeness (QED) is 0.937. The first-order chi connectivity index (χ1) is 10.2. The lowest BCUT2D eigenvalue weighted by Gasteiger charge is -2.32. The summed E-state index contributed by atoms with van der Waals surface area (Å²) in [5.74, 6) is 1.53. The molecule has 5 nitrogen and oxygen atoms in total. The molecule has 1 saturated heterocycles. The summed E-state index contributed by atoms with van der Waals surface area (Å²) >= 11 is 0. The Balaban J connectivity index is 1.56. The zero-order chi connectivity index (χ0) is 14.7. The largest absolute Gasteiger partial charge is 0.497 e. The first-order valence-corrected chi connectivity index (χ1v) is 7.40. The van der Waals surface area contributed by atoms with Gasteiger partial charge in [-0.2, -0.15) is 5.10 Å². The first kappa shape index (κ1) is 13.9. The highest BCUT2D eigenvalue weighted by Crippen LogP contribution is 2.24. The number of methoxy groups -OCH3 is 1. The number of benzene rings is 1. The molecule has 3 rings (SSSR count). The molecule has 1 fully saturated rings. The number of hydrogen-bond donors (Lipinski definition) is 1. The molecule has 0 spiro atoms. The highest BCUT2D eigenvalue weighted by molar-refractivity contribution is 5.28. The van der Waals surface area contributed by atoms with Crippen LogP contribution in [0.4, 0.5) is 5.82 Å². The molecule has 2 N–H and O–H groups in total. The van der Waals surface area contributed by atoms with E-state index in [1.54, 1.807) is 7.11 Å². The lowest BCUT2D eigenvalue weighted by molar-refractivity contribution is 0.173. The van der Waals surface area contributed by atoms with Crippen LogP contribution in [0.1, 0.15) is 24.4 Å². The van der Waals surface area contributed by atoms with E-state index in [1.807, 2.05) is 29.1 Å². The van der Waals surface area contributed by atoms with Gasteiger partial charge in [-0.1, -0.05) is 12.1 Å². The summed E-state index contributed by atoms with van der Waals surface area (Å²) in [4.78, 5) is 2.48. The standard InChI is InChI=1S/C16H22N4O/c1-21-15-4-2-3-13(11-15)12-19-8-5-14(6-9-19)20-10-7-16(17)18-20/h2-4,7,10-11,14H,5-6,8-9,12H2,1H3,(H2,17,18). The first-order valence-electron chi connectivity index (χ1n) is 7.40. The molecule has 5 heteroatoms. The Kier molecular flexibility index (Phi) is 4.10. The maximum absolute atomic E-state index is 5.69. The molecule has 1 aliphatic heterocycles. The van der Waals surface area contributed by atoms with Crippen molar-refractivity contribution in [1.82, 2.24) is 14.7 Å². The Bertz CT molecular complexity index is 587. The summed E-state index contributed by atoms with van der Waals surface area (Å²) in [5.41, 5.74) is 6.99. The predicted molar refractivity (Wildman–Crippen MR) is 83.2 cm³/mol. The fourth-order valence-electron chi connectivity index (χ4n) is 2.93. The second-order valence-corrected chi connectivity index (χ2v) is 5.58. The van der Waals surface area contributed by atoms with E-state index in [-0.39, 0.29) is 0 Å². The molecular weight excluding hydrogens is 264 g/mol. The van der Waals surface area contributed by atoms with Crippen molar-refractivity contribution < 1.29 is 4.74 Å². The van der Waals surface area contributed by atoms with E-state index < -0.39 is 0 Å². The van der Waals surface area contributed by atoms with E-state index in [2.05, 4.69) is 22.1 Å². The lowest BCUT2D eigenvalue weighted by atomic mass is 10.0. The molecule has 1 aliphatic rings. The van der Waals surface area contributed by atoms with E-state index in [1.165, 1.54) is 5.56 Å². The van der Waals surface area contributed by atoms with E-state index in [0.717, 1.165) is 38.2 Å². The van der Waals surface area contributed by atoms with Gasteiger partial charge in [0.2, 0.25) is 0 Å². The number of likely N-dealkylation sites (tertiary alicyclic amines) is 1. The molecule has 2 aromatic rings. The number of rotatable bonds is 4. The third-order valence-corrected chi connectivity index (χ3v) is 4.10. The number of anilines is 1. The van der Waals surface area contributed by atoms with Gasteiger partial charge in [-0.15, -0.1) is 0 Å². The number of nitrogens with two attached hydrogens (primary N) is 1. The minimum atomic E-state index is 0.476. The molecule has 112 valence electrons. The maximum atomic E-state index is 5.69. The van der Waals surface area contributed by atoms with Crippen molar-refractivity contribution >= 4 is 5.82 Å². The Labute approximate surface area is 125 Å². The van der Waals surface area contributed by atoms with Crippen molar-refractivity contribution in [2.24, 2.45) is 0 Å². The number of hydrogen-bond acceptors (Lipinski definition) is 4. The second kappa shape index (κ2) is 6.18. The van der Waals surface area contributed by atoms with Gasteiger partial charge in [-0.05, 0) is 36.6 Å². The van der Waals surface area contributed by atoms with E-state index >= 15 is 0 Å². The Morgan fingerprint density at radius 1 is 1.29 bits per heavy atom. The third kappa shape index (κ3) is 3.36. The topological polar surface area (TPSA) is 56.3 Å². The monoisotopic (exact) mass is 286 g/mol. The molecule has 0 atom stereocenters. The molecule has 21 heavy (non-hydrogen) atoms. The van der Waals surface area contributed by atoms with Crippen molar-refractivity contribution in [3.63, 3.8) is 0 Å². The molecule has 0 amide bonds. The molecule has 0 aliphatic carbocycles. The minimum Gasteiger partial charge on any atom is -0.497 e. The molecule has 2 heterocycles. The van der Waals surface area contributed by atoms with Crippen LogP contribution in [0.25, 0.3) is 0 Å². The van der Waals surface area contributed by atoms with E-state index in [4.69, 9.17) is 10.5 Å². The zero-order valence-corrected chi connectivity index (χ0v) is 12.4. The maximum Gasteiger partial charge on any atom is 0.145 e. The van der Waals surface area contributed by atoms with Crippen LogP contribution in [0.15, 0.2) is 36.5 Å². The third-order valence-electron chi connectivity index (χ3n) is 4.10. The normalized spacial score (nSPS) is 17.0. The van der Waals surface area contributed by atoms with Gasteiger partial charge in [0.1, 0.15) is 11.6 Å². The van der Waals surface area contributed by atoms with Crippen LogP contribution in [0, 0.1) is 0 Å². The van der Waals surface area contributed by atoms with Crippen molar-refractivity contribution in [2.75, 3.05) is 25.9 Å². The van der Waals surface area contributed by atoms with Gasteiger partial charge in [0.05, 0.1) is 13.2 Å². The summed E-state index contributed by atoms with van der Waals surface area (Å²) in [6.07, 6.45) is 4.22. The van der Waals surface area contributed by atoms with Crippen LogP contribution in [0.3, 0.4) is 0 Å². The molecule has 0 saturated carbocycles. The van der Waals surface area contributed by atoms with Crippen molar-refractivity contribution in [3.05, 3.63) is 42.1 Å². The Morgan fingerprint density at radius 2 is 2.10 bits per heavy atom. The Hall–Kier alpha value is -2.01. The number of piperidine rings is 1. The van der Waals surface area contributed by atoms with Crippen LogP contribution >= 0.6 is 0 Å². The highest BCUT2D eigenvalue weighted by atomic mass is 16.5. The van der Waals surface area contributed by atoms with Gasteiger partial charge >= 0.3 is 0 Å². The van der Waals surface area contributed by atoms with Gasteiger partial charge in [0, 0.05) is 25.8 Å². The summed E-state index contributed by atoms with van der Waals surface area (Å²) < 4.78 is 7.29. The summed E-state index contributed by atoms with van der Waals surface area (Å²) in [6.45, 7) is 3.15. The average molecular weight is 286 g/mol. The van der Waals surface area contributed by atoms with Gasteiger partial charge in [0.25, 0.3) is 0 Å². The number of ether oxygens (including phenoxy) is 1. The van der Waals surface area contributed by atoms with Crippen LogP contribution in [0.5, 0.6) is 5.75 Å².